The van der Waals surface area contributed by atoms with Gasteiger partial charge in [-0.05, 0) is 6.42 Å². The van der Waals surface area contributed by atoms with Gasteiger partial charge < -0.3 is 4.74 Å². The summed E-state index contributed by atoms with van der Waals surface area (Å²) in [6, 6.07) is 0. The zero-order valence-electron chi connectivity index (χ0n) is 3.40. The lowest BCUT2D eigenvalue weighted by atomic mass is 10.4. The van der Waals surface area contributed by atoms with Gasteiger partial charge in [0.1, 0.15) is 0 Å². The summed E-state index contributed by atoms with van der Waals surface area (Å²) < 4.78 is 4.86. The van der Waals surface area contributed by atoms with E-state index in [0.29, 0.717) is 6.10 Å². The molecule has 0 amide bonds. The molecule has 0 saturated carbocycles. The van der Waals surface area contributed by atoms with E-state index in [-0.39, 0.29) is 0 Å². The van der Waals surface area contributed by atoms with Crippen LogP contribution in [0.4, 0.5) is 0 Å². The molecule has 0 N–H and O–H groups in total. The Morgan fingerprint density at radius 3 is 2.60 bits per heavy atom. The maximum Gasteiger partial charge on any atom is 0.0807 e. The van der Waals surface area contributed by atoms with Crippen LogP contribution in [0.1, 0.15) is 13.3 Å². The van der Waals surface area contributed by atoms with E-state index >= 15 is 0 Å². The number of ether oxygens (including phenoxy) is 1. The lowest BCUT2D eigenvalue weighted by Gasteiger charge is -1.69. The first-order chi connectivity index (χ1) is 2.43. The van der Waals surface area contributed by atoms with Crippen LogP contribution < -0.4 is 0 Å². The highest BCUT2D eigenvalue weighted by Gasteiger charge is 2.18. The van der Waals surface area contributed by atoms with Gasteiger partial charge in [0, 0.05) is 0 Å². The first kappa shape index (κ1) is 3.16. The van der Waals surface area contributed by atoms with Gasteiger partial charge in [0.25, 0.3) is 0 Å². The average Bonchev–Trinajstić information content (AvgIpc) is 2.12. The third kappa shape index (κ3) is 0.618. The highest BCUT2D eigenvalue weighted by Crippen LogP contribution is 2.10. The molecule has 1 rings (SSSR count). The van der Waals surface area contributed by atoms with Crippen LogP contribution in [0, 0.1) is 0 Å². The monoisotopic (exact) mass is 72.1 g/mol. The minimum absolute atomic E-state index is 0.634. The Bertz CT molecular complexity index is 30.6. The normalized spacial score (nSPS) is 34.2. The van der Waals surface area contributed by atoms with Crippen LogP contribution in [0.5, 0.6) is 0 Å². The summed E-state index contributed by atoms with van der Waals surface area (Å²) in [5.41, 5.74) is 0. The second-order valence-corrected chi connectivity index (χ2v) is 1.36. The summed E-state index contributed by atoms with van der Waals surface area (Å²) in [5, 5.41) is 0. The topological polar surface area (TPSA) is 12.5 Å². The highest BCUT2D eigenvalue weighted by atomic mass is 16.6. The maximum absolute atomic E-state index is 4.86. The molecule has 0 aromatic carbocycles. The van der Waals surface area contributed by atoms with Crippen molar-refractivity contribution in [3.8, 4) is 0 Å². The van der Waals surface area contributed by atoms with E-state index in [1.165, 1.54) is 6.42 Å². The van der Waals surface area contributed by atoms with Crippen molar-refractivity contribution in [1.82, 2.24) is 0 Å². The molecule has 1 nitrogen and oxygen atoms in total. The van der Waals surface area contributed by atoms with Crippen molar-refractivity contribution >= 4 is 0 Å². The maximum atomic E-state index is 4.86. The van der Waals surface area contributed by atoms with Crippen molar-refractivity contribution in [2.45, 2.75) is 19.4 Å². The number of epoxide rings is 1. The van der Waals surface area contributed by atoms with Gasteiger partial charge in [0.05, 0.1) is 12.7 Å². The van der Waals surface area contributed by atoms with Crippen molar-refractivity contribution in [2.24, 2.45) is 0 Å². The first-order valence-corrected chi connectivity index (χ1v) is 2.05. The molecule has 30 valence electrons. The Kier molecular flexibility index (Phi) is 0.618. The minimum atomic E-state index is 0.634. The van der Waals surface area contributed by atoms with Crippen molar-refractivity contribution in [3.63, 3.8) is 0 Å². The lowest BCUT2D eigenvalue weighted by molar-refractivity contribution is 0.403. The minimum Gasteiger partial charge on any atom is -0.373 e. The van der Waals surface area contributed by atoms with Gasteiger partial charge in [-0.25, -0.2) is 0 Å². The van der Waals surface area contributed by atoms with E-state index in [9.17, 15) is 0 Å². The molecule has 1 heterocycles. The van der Waals surface area contributed by atoms with E-state index in [0.717, 1.165) is 6.61 Å². The molecule has 5 heavy (non-hydrogen) atoms. The second kappa shape index (κ2) is 0.977. The molecular weight excluding hydrogens is 64.0 g/mol. The van der Waals surface area contributed by atoms with E-state index in [1.54, 1.807) is 0 Å². The Labute approximate surface area is 31.9 Å². The summed E-state index contributed by atoms with van der Waals surface area (Å²) in [4.78, 5) is 0. The number of hydrogen-bond donors (Lipinski definition) is 0. The first-order valence-electron chi connectivity index (χ1n) is 2.05. The molecule has 1 aliphatic rings. The van der Waals surface area contributed by atoms with Crippen LogP contribution in [0.25, 0.3) is 0 Å². The van der Waals surface area contributed by atoms with Crippen LogP contribution >= 0.6 is 0 Å². The number of hydrogen-bond acceptors (Lipinski definition) is 1. The van der Waals surface area contributed by atoms with Gasteiger partial charge >= 0.3 is 0 Å². The summed E-state index contributed by atoms with van der Waals surface area (Å²) in [7, 11) is 0. The summed E-state index contributed by atoms with van der Waals surface area (Å²) in [6.45, 7) is 3.15. The molecule has 0 spiro atoms. The average molecular weight is 72.1 g/mol. The van der Waals surface area contributed by atoms with Crippen molar-refractivity contribution in [2.75, 3.05) is 6.61 Å². The van der Waals surface area contributed by atoms with Crippen LogP contribution in [0.2, 0.25) is 0 Å². The third-order valence-electron chi connectivity index (χ3n) is 0.858. The SMILES string of the molecule is CC[C@@H]1CO1. The summed E-state index contributed by atoms with van der Waals surface area (Å²) >= 11 is 0. The molecule has 0 unspecified atom stereocenters. The molecule has 1 saturated heterocycles. The van der Waals surface area contributed by atoms with Gasteiger partial charge in [-0.1, -0.05) is 6.92 Å². The molecule has 1 heteroatoms. The molecule has 0 radical (unpaired) electrons. The van der Waals surface area contributed by atoms with E-state index in [4.69, 9.17) is 4.74 Å². The fraction of sp³-hybridized carbons (Fsp3) is 1.00. The van der Waals surface area contributed by atoms with Gasteiger partial charge in [0.2, 0.25) is 0 Å². The van der Waals surface area contributed by atoms with Gasteiger partial charge in [-0.2, -0.15) is 0 Å². The third-order valence-corrected chi connectivity index (χ3v) is 0.858. The molecule has 1 atom stereocenters. The molecule has 0 aromatic heterocycles. The molecule has 0 aliphatic carbocycles. The molecule has 0 aromatic rings. The zero-order chi connectivity index (χ0) is 3.70. The molecular formula is C4H8O. The lowest BCUT2D eigenvalue weighted by Crippen LogP contribution is -1.73. The van der Waals surface area contributed by atoms with Crippen LogP contribution in [-0.4, -0.2) is 12.7 Å². The fourth-order valence-corrected chi connectivity index (χ4v) is 0.304. The Morgan fingerprint density at radius 1 is 2.00 bits per heavy atom. The Hall–Kier alpha value is -0.0400. The highest BCUT2D eigenvalue weighted by molar-refractivity contribution is 4.64. The number of rotatable bonds is 1. The summed E-state index contributed by atoms with van der Waals surface area (Å²) in [6.07, 6.45) is 1.83. The largest absolute Gasteiger partial charge is 0.373 e. The van der Waals surface area contributed by atoms with Gasteiger partial charge in [-0.15, -0.1) is 0 Å². The predicted molar refractivity (Wildman–Crippen MR) is 20.0 cm³/mol. The van der Waals surface area contributed by atoms with Crippen molar-refractivity contribution in [3.05, 3.63) is 0 Å². The Morgan fingerprint density at radius 2 is 2.60 bits per heavy atom. The van der Waals surface area contributed by atoms with E-state index in [1.807, 2.05) is 0 Å². The van der Waals surface area contributed by atoms with Crippen LogP contribution in [-0.2, 0) is 4.74 Å². The van der Waals surface area contributed by atoms with Crippen molar-refractivity contribution < 1.29 is 4.74 Å². The molecule has 1 fully saturated rings. The predicted octanol–water partition coefficient (Wildman–Crippen LogP) is 0.795. The Balaban J connectivity index is 2.00. The smallest absolute Gasteiger partial charge is 0.0807 e. The van der Waals surface area contributed by atoms with Crippen LogP contribution in [0.3, 0.4) is 0 Å². The van der Waals surface area contributed by atoms with Crippen molar-refractivity contribution in [1.29, 1.82) is 0 Å². The molecule has 1 aliphatic heterocycles. The molecule has 0 bridgehead atoms. The van der Waals surface area contributed by atoms with Gasteiger partial charge in [-0.3, -0.25) is 0 Å². The fourth-order valence-electron chi connectivity index (χ4n) is 0.304. The zero-order valence-corrected chi connectivity index (χ0v) is 3.40. The van der Waals surface area contributed by atoms with Gasteiger partial charge in [0.15, 0.2) is 0 Å². The quantitative estimate of drug-likeness (QED) is 0.417. The summed E-state index contributed by atoms with van der Waals surface area (Å²) in [5.74, 6) is 0. The van der Waals surface area contributed by atoms with E-state index in [2.05, 4.69) is 6.92 Å². The van der Waals surface area contributed by atoms with E-state index < -0.39 is 0 Å². The standard InChI is InChI=1S/C4H8O/c1-2-4-3-5-4/h4H,2-3H2,1H3/t4-/m1/s1. The van der Waals surface area contributed by atoms with Crippen LogP contribution in [0.15, 0.2) is 0 Å². The second-order valence-electron chi connectivity index (χ2n) is 1.36.